The van der Waals surface area contributed by atoms with Crippen molar-refractivity contribution in [2.24, 2.45) is 25.2 Å². The van der Waals surface area contributed by atoms with Gasteiger partial charge in [-0.15, -0.1) is 0 Å². The van der Waals surface area contributed by atoms with E-state index in [1.54, 1.807) is 0 Å². The SMILES string of the molecule is [CH-]=CC=[N-].[CH-]=CC=[N-].[CH-]=CN=[CH-].[CH-]=CN=[CH-].[CH-]=CN=[CH-].[CH-]=NN=[CH-].[Y].[Y].[Y].[Y].[Y].[Y]. The molecule has 0 spiro atoms. The minimum Gasteiger partial charge on any atom is -0.911 e. The summed E-state index contributed by atoms with van der Waals surface area (Å²) in [6, 6.07) is 0. The fraction of sp³-hybridized carbons (Fsp3) is 0. The average Bonchev–Trinajstić information content (AvgIpc) is 2.68. The van der Waals surface area contributed by atoms with Crippen LogP contribution in [0.15, 0.2) is 55.9 Å². The minimum absolute atomic E-state index is 0. The summed E-state index contributed by atoms with van der Waals surface area (Å²) in [7, 11) is 0. The Hall–Kier alpha value is 3.01. The van der Waals surface area contributed by atoms with Gasteiger partial charge < -0.3 is 100 Å². The fourth-order valence-electron chi connectivity index (χ4n) is 0. The maximum atomic E-state index is 7.57. The van der Waals surface area contributed by atoms with Crippen LogP contribution in [0.25, 0.3) is 10.8 Å². The Balaban J connectivity index is -0.0000000125. The summed E-state index contributed by atoms with van der Waals surface area (Å²) in [5, 5.41) is 20.4. The Labute approximate surface area is 334 Å². The first kappa shape index (κ1) is 76.6. The van der Waals surface area contributed by atoms with Crippen LogP contribution in [0.4, 0.5) is 0 Å². The van der Waals surface area contributed by atoms with E-state index in [9.17, 15) is 0 Å². The standard InChI is InChI=1S/5C3H3N.C2H2N2.6Y/c3*1-3-4-2;2*1-2-3-4;1-3-4-2;;;;;;/h5*1-3H;1-2H;;;;;;/q6*-2;;;;;;. The molecule has 0 heterocycles. The topological polar surface area (TPSA) is 106 Å². The molecule has 0 aromatic carbocycles. The van der Waals surface area contributed by atoms with Crippen molar-refractivity contribution in [1.29, 1.82) is 0 Å². The first-order valence-electron chi connectivity index (χ1n) is 5.12. The van der Waals surface area contributed by atoms with E-state index in [0.717, 1.165) is 43.2 Å². The molecule has 0 rings (SSSR count). The molecule has 0 aliphatic rings. The second-order valence-corrected chi connectivity index (χ2v) is 1.81. The Morgan fingerprint density at radius 3 is 0.533 bits per heavy atom. The third-order valence-corrected chi connectivity index (χ3v) is 0.497. The van der Waals surface area contributed by atoms with Crippen LogP contribution in [0.3, 0.4) is 0 Å². The van der Waals surface area contributed by atoms with Gasteiger partial charge in [0.25, 0.3) is 0 Å². The molecule has 7 nitrogen and oxygen atoms in total. The van der Waals surface area contributed by atoms with Gasteiger partial charge in [-0.05, 0) is 0 Å². The van der Waals surface area contributed by atoms with Crippen molar-refractivity contribution in [2.45, 2.75) is 0 Å². The van der Waals surface area contributed by atoms with Crippen LogP contribution in [-0.4, -0.2) is 46.0 Å². The van der Waals surface area contributed by atoms with Gasteiger partial charge in [-0.2, -0.15) is 20.2 Å². The van der Waals surface area contributed by atoms with Gasteiger partial charge in [-0.25, -0.2) is 0 Å². The molecule has 0 aliphatic carbocycles. The first-order valence-corrected chi connectivity index (χ1v) is 5.12. The molecule has 150 valence electrons. The maximum absolute atomic E-state index is 7.57. The first-order chi connectivity index (χ1) is 11.5. The normalized spacial score (nSPS) is 4.00. The predicted molar refractivity (Wildman–Crippen MR) is 106 cm³/mol. The van der Waals surface area contributed by atoms with Gasteiger partial charge in [-0.1, -0.05) is 0 Å². The summed E-state index contributed by atoms with van der Waals surface area (Å²) in [5.74, 6) is 0. The molecular weight excluding hydrogens is 836 g/mol. The molecule has 0 bridgehead atoms. The number of aliphatic imine (C=N–C) groups is 3. The van der Waals surface area contributed by atoms with Crippen LogP contribution in [0.5, 0.6) is 0 Å². The van der Waals surface area contributed by atoms with Crippen LogP contribution < -0.4 is 0 Å². The molecule has 30 heavy (non-hydrogen) atoms. The molecule has 0 saturated heterocycles. The van der Waals surface area contributed by atoms with Gasteiger partial charge in [0.05, 0.1) is 0 Å². The van der Waals surface area contributed by atoms with E-state index in [1.807, 2.05) is 0 Å². The van der Waals surface area contributed by atoms with Crippen LogP contribution in [0.2, 0.25) is 0 Å². The zero-order valence-electron chi connectivity index (χ0n) is 16.4. The number of nitrogens with zero attached hydrogens (tertiary/aromatic N) is 7. The second-order valence-electron chi connectivity index (χ2n) is 1.81. The van der Waals surface area contributed by atoms with Crippen molar-refractivity contribution in [2.75, 3.05) is 0 Å². The fourth-order valence-corrected chi connectivity index (χ4v) is 0. The van der Waals surface area contributed by atoms with Gasteiger partial charge in [-0.3, -0.25) is 25.3 Å². The van der Waals surface area contributed by atoms with E-state index in [1.165, 1.54) is 0 Å². The molecule has 0 unspecified atom stereocenters. The van der Waals surface area contributed by atoms with Crippen molar-refractivity contribution in [3.8, 4) is 0 Å². The zero-order valence-corrected chi connectivity index (χ0v) is 33.4. The van der Waals surface area contributed by atoms with Crippen molar-refractivity contribution < 1.29 is 196 Å². The average molecular weight is 853 g/mol. The Kier molecular flexibility index (Phi) is 349. The van der Waals surface area contributed by atoms with E-state index < -0.39 is 0 Å². The van der Waals surface area contributed by atoms with Gasteiger partial charge in [0, 0.05) is 196 Å². The van der Waals surface area contributed by atoms with Gasteiger partial charge >= 0.3 is 0 Å². The van der Waals surface area contributed by atoms with Gasteiger partial charge in [0.1, 0.15) is 0 Å². The molecule has 6 radical (unpaired) electrons. The zero-order chi connectivity index (χ0) is 20.5. The van der Waals surface area contributed by atoms with Crippen molar-refractivity contribution in [1.82, 2.24) is 0 Å². The van der Waals surface area contributed by atoms with Crippen LogP contribution in [0.1, 0.15) is 0 Å². The molecule has 0 atom stereocenters. The summed E-state index contributed by atoms with van der Waals surface area (Å²) < 4.78 is 0. The smallest absolute Gasteiger partial charge is 0 e. The van der Waals surface area contributed by atoms with Crippen molar-refractivity contribution >= 4 is 46.0 Å². The van der Waals surface area contributed by atoms with Crippen LogP contribution in [0, 0.1) is 32.9 Å². The maximum Gasteiger partial charge on any atom is 0 e. The minimum atomic E-state index is 0. The van der Waals surface area contributed by atoms with Crippen molar-refractivity contribution in [3.05, 3.63) is 74.5 Å². The second kappa shape index (κ2) is 137. The molecular formula is C17H17N7Y6-12. The third kappa shape index (κ3) is 344. The molecule has 13 heteroatoms. The Bertz CT molecular complexity index is 262. The molecule has 0 aromatic heterocycles. The van der Waals surface area contributed by atoms with Crippen LogP contribution >= 0.6 is 0 Å². The quantitative estimate of drug-likeness (QED) is 0.223. The molecule has 0 N–H and O–H groups in total. The Morgan fingerprint density at radius 2 is 0.533 bits per heavy atom. The molecule has 0 amide bonds. The molecule has 0 saturated carbocycles. The van der Waals surface area contributed by atoms with E-state index in [4.69, 9.17) is 10.8 Å². The molecule has 0 aromatic rings. The molecule has 0 aliphatic heterocycles. The van der Waals surface area contributed by atoms with E-state index in [2.05, 4.69) is 91.7 Å². The van der Waals surface area contributed by atoms with Gasteiger partial charge in [0.2, 0.25) is 0 Å². The summed E-state index contributed by atoms with van der Waals surface area (Å²) in [6.07, 6.45) is 6.75. The molecule has 0 fully saturated rings. The van der Waals surface area contributed by atoms with E-state index >= 15 is 0 Å². The van der Waals surface area contributed by atoms with Crippen molar-refractivity contribution in [3.63, 3.8) is 0 Å². The third-order valence-electron chi connectivity index (χ3n) is 0.497. The van der Waals surface area contributed by atoms with E-state index in [-0.39, 0.29) is 196 Å². The monoisotopic (exact) mass is 853 g/mol. The summed E-state index contributed by atoms with van der Waals surface area (Å²) in [5.41, 5.74) is 0. The number of hydrogen-bond acceptors (Lipinski definition) is 5. The number of allylic oxidation sites excluding steroid dienone is 2. The van der Waals surface area contributed by atoms with Gasteiger partial charge in [0.15, 0.2) is 0 Å². The number of rotatable bonds is 6. The predicted octanol–water partition coefficient (Wildman–Crippen LogP) is 2.81. The summed E-state index contributed by atoms with van der Waals surface area (Å²) in [6.45, 7) is 45.2. The largest absolute Gasteiger partial charge is 0.911 e. The summed E-state index contributed by atoms with van der Waals surface area (Å²) in [4.78, 5) is 8.67. The summed E-state index contributed by atoms with van der Waals surface area (Å²) >= 11 is 0. The van der Waals surface area contributed by atoms with E-state index in [0.29, 0.717) is 0 Å². The Morgan fingerprint density at radius 1 is 0.433 bits per heavy atom. The number of hydrogen-bond donors (Lipinski definition) is 0. The van der Waals surface area contributed by atoms with Crippen LogP contribution in [-0.2, 0) is 196 Å².